The van der Waals surface area contributed by atoms with Crippen molar-refractivity contribution in [1.82, 2.24) is 10.2 Å². The largest absolute Gasteiger partial charge is 0.314 e. The van der Waals surface area contributed by atoms with Crippen molar-refractivity contribution in [2.24, 2.45) is 11.3 Å². The van der Waals surface area contributed by atoms with Gasteiger partial charge in [-0.25, -0.2) is 0 Å². The van der Waals surface area contributed by atoms with Crippen LogP contribution in [0.3, 0.4) is 0 Å². The minimum absolute atomic E-state index is 0.388. The second kappa shape index (κ2) is 8.97. The molecule has 0 aromatic carbocycles. The van der Waals surface area contributed by atoms with Crippen LogP contribution in [-0.4, -0.2) is 37.1 Å². The van der Waals surface area contributed by atoms with Gasteiger partial charge in [0.05, 0.1) is 0 Å². The van der Waals surface area contributed by atoms with Crippen LogP contribution < -0.4 is 5.32 Å². The van der Waals surface area contributed by atoms with Crippen LogP contribution >= 0.6 is 0 Å². The molecule has 0 amide bonds. The van der Waals surface area contributed by atoms with E-state index in [2.05, 4.69) is 65.7 Å². The summed E-state index contributed by atoms with van der Waals surface area (Å²) < 4.78 is 0. The molecule has 0 fully saturated rings. The normalized spacial score (nSPS) is 17.2. The Hall–Kier alpha value is -0.0800. The SMILES string of the molecule is CCCC(C)(CNC(C)C)CN(C)C(C)CC(C)C. The molecule has 0 spiro atoms. The lowest BCUT2D eigenvalue weighted by molar-refractivity contribution is 0.129. The molecule has 2 heteroatoms. The lowest BCUT2D eigenvalue weighted by Gasteiger charge is -2.37. The van der Waals surface area contributed by atoms with Crippen LogP contribution in [0, 0.1) is 11.3 Å². The first-order valence-corrected chi connectivity index (χ1v) is 8.13. The van der Waals surface area contributed by atoms with Crippen molar-refractivity contribution in [3.05, 3.63) is 0 Å². The Morgan fingerprint density at radius 3 is 2.11 bits per heavy atom. The van der Waals surface area contributed by atoms with Crippen molar-refractivity contribution in [1.29, 1.82) is 0 Å². The van der Waals surface area contributed by atoms with E-state index in [0.717, 1.165) is 12.5 Å². The van der Waals surface area contributed by atoms with Crippen LogP contribution in [0.2, 0.25) is 0 Å². The van der Waals surface area contributed by atoms with E-state index in [-0.39, 0.29) is 0 Å². The summed E-state index contributed by atoms with van der Waals surface area (Å²) >= 11 is 0. The first-order valence-electron chi connectivity index (χ1n) is 8.13. The molecule has 0 saturated carbocycles. The van der Waals surface area contributed by atoms with Gasteiger partial charge in [-0.15, -0.1) is 0 Å². The fourth-order valence-electron chi connectivity index (χ4n) is 2.90. The minimum Gasteiger partial charge on any atom is -0.314 e. The van der Waals surface area contributed by atoms with Crippen LogP contribution in [-0.2, 0) is 0 Å². The lowest BCUT2D eigenvalue weighted by Crippen LogP contribution is -2.45. The second-order valence-corrected chi connectivity index (χ2v) is 7.49. The molecule has 2 atom stereocenters. The molecule has 0 radical (unpaired) electrons. The van der Waals surface area contributed by atoms with Crippen molar-refractivity contribution in [2.75, 3.05) is 20.1 Å². The van der Waals surface area contributed by atoms with E-state index >= 15 is 0 Å². The summed E-state index contributed by atoms with van der Waals surface area (Å²) in [7, 11) is 2.29. The van der Waals surface area contributed by atoms with Crippen molar-refractivity contribution >= 4 is 0 Å². The maximum Gasteiger partial charge on any atom is 0.00665 e. The topological polar surface area (TPSA) is 15.3 Å². The van der Waals surface area contributed by atoms with Crippen LogP contribution in [0.5, 0.6) is 0 Å². The van der Waals surface area contributed by atoms with Gasteiger partial charge in [-0.1, -0.05) is 48.0 Å². The summed E-state index contributed by atoms with van der Waals surface area (Å²) in [6, 6.07) is 1.25. The number of hydrogen-bond donors (Lipinski definition) is 1. The second-order valence-electron chi connectivity index (χ2n) is 7.49. The molecule has 19 heavy (non-hydrogen) atoms. The van der Waals surface area contributed by atoms with E-state index in [1.807, 2.05) is 0 Å². The van der Waals surface area contributed by atoms with Gasteiger partial charge in [0.15, 0.2) is 0 Å². The van der Waals surface area contributed by atoms with Crippen molar-refractivity contribution in [3.63, 3.8) is 0 Å². The molecule has 2 nitrogen and oxygen atoms in total. The molecule has 0 aromatic rings. The third kappa shape index (κ3) is 8.65. The van der Waals surface area contributed by atoms with E-state index in [9.17, 15) is 0 Å². The molecule has 0 aliphatic heterocycles. The molecule has 0 aliphatic rings. The Labute approximate surface area is 122 Å². The standard InChI is InChI=1S/C17H38N2/c1-9-10-17(7,12-18-15(4)5)13-19(8)16(6)11-14(2)3/h14-16,18H,9-13H2,1-8H3. The summed E-state index contributed by atoms with van der Waals surface area (Å²) in [5, 5.41) is 3.63. The first-order chi connectivity index (χ1) is 8.70. The highest BCUT2D eigenvalue weighted by molar-refractivity contribution is 4.82. The summed E-state index contributed by atoms with van der Waals surface area (Å²) in [6.45, 7) is 18.5. The van der Waals surface area contributed by atoms with E-state index in [4.69, 9.17) is 0 Å². The minimum atomic E-state index is 0.388. The number of rotatable bonds is 10. The van der Waals surface area contributed by atoms with Gasteiger partial charge in [0.2, 0.25) is 0 Å². The van der Waals surface area contributed by atoms with Crippen LogP contribution in [0.25, 0.3) is 0 Å². The average Bonchev–Trinajstić information content (AvgIpc) is 2.25. The molecule has 0 aliphatic carbocycles. The summed E-state index contributed by atoms with van der Waals surface area (Å²) in [4.78, 5) is 2.55. The maximum absolute atomic E-state index is 3.63. The van der Waals surface area contributed by atoms with Gasteiger partial charge in [-0.05, 0) is 38.1 Å². The van der Waals surface area contributed by atoms with E-state index < -0.39 is 0 Å². The predicted molar refractivity (Wildman–Crippen MR) is 87.7 cm³/mol. The molecule has 0 heterocycles. The zero-order chi connectivity index (χ0) is 15.1. The predicted octanol–water partition coefficient (Wildman–Crippen LogP) is 4.16. The van der Waals surface area contributed by atoms with Gasteiger partial charge < -0.3 is 10.2 Å². The molecule has 0 rings (SSSR count). The molecule has 0 saturated heterocycles. The van der Waals surface area contributed by atoms with Gasteiger partial charge in [-0.2, -0.15) is 0 Å². The molecular formula is C17H38N2. The smallest absolute Gasteiger partial charge is 0.00665 e. The number of nitrogens with zero attached hydrogens (tertiary/aromatic N) is 1. The van der Waals surface area contributed by atoms with Crippen molar-refractivity contribution in [2.45, 2.75) is 79.8 Å². The van der Waals surface area contributed by atoms with Gasteiger partial charge >= 0.3 is 0 Å². The summed E-state index contributed by atoms with van der Waals surface area (Å²) in [5.41, 5.74) is 0.388. The highest BCUT2D eigenvalue weighted by atomic mass is 15.1. The molecule has 1 N–H and O–H groups in total. The fraction of sp³-hybridized carbons (Fsp3) is 1.00. The zero-order valence-corrected chi connectivity index (χ0v) is 14.7. The van der Waals surface area contributed by atoms with E-state index in [1.165, 1.54) is 25.8 Å². The van der Waals surface area contributed by atoms with Gasteiger partial charge in [0.25, 0.3) is 0 Å². The Morgan fingerprint density at radius 1 is 1.11 bits per heavy atom. The van der Waals surface area contributed by atoms with Crippen LogP contribution in [0.15, 0.2) is 0 Å². The van der Waals surface area contributed by atoms with Gasteiger partial charge in [-0.3, -0.25) is 0 Å². The summed E-state index contributed by atoms with van der Waals surface area (Å²) in [5.74, 6) is 0.781. The Morgan fingerprint density at radius 2 is 1.68 bits per heavy atom. The third-order valence-electron chi connectivity index (χ3n) is 3.99. The molecular weight excluding hydrogens is 232 g/mol. The highest BCUT2D eigenvalue weighted by Gasteiger charge is 2.27. The first kappa shape index (κ1) is 18.9. The Kier molecular flexibility index (Phi) is 8.93. The fourth-order valence-corrected chi connectivity index (χ4v) is 2.90. The Balaban J connectivity index is 4.45. The molecule has 2 unspecified atom stereocenters. The zero-order valence-electron chi connectivity index (χ0n) is 14.7. The third-order valence-corrected chi connectivity index (χ3v) is 3.99. The monoisotopic (exact) mass is 270 g/mol. The number of nitrogens with one attached hydrogen (secondary N) is 1. The quantitative estimate of drug-likeness (QED) is 0.641. The highest BCUT2D eigenvalue weighted by Crippen LogP contribution is 2.25. The average molecular weight is 271 g/mol. The van der Waals surface area contributed by atoms with Crippen molar-refractivity contribution in [3.8, 4) is 0 Å². The van der Waals surface area contributed by atoms with Crippen LogP contribution in [0.1, 0.15) is 67.7 Å². The van der Waals surface area contributed by atoms with Gasteiger partial charge in [0, 0.05) is 25.2 Å². The summed E-state index contributed by atoms with van der Waals surface area (Å²) in [6.07, 6.45) is 3.85. The lowest BCUT2D eigenvalue weighted by atomic mass is 9.84. The Bertz CT molecular complexity index is 225. The molecule has 0 aromatic heterocycles. The van der Waals surface area contributed by atoms with E-state index in [0.29, 0.717) is 17.5 Å². The molecule has 116 valence electrons. The van der Waals surface area contributed by atoms with Gasteiger partial charge in [0.1, 0.15) is 0 Å². The van der Waals surface area contributed by atoms with Crippen LogP contribution in [0.4, 0.5) is 0 Å². The maximum atomic E-state index is 3.63. The van der Waals surface area contributed by atoms with Crippen molar-refractivity contribution < 1.29 is 0 Å². The van der Waals surface area contributed by atoms with E-state index in [1.54, 1.807) is 0 Å². The molecule has 0 bridgehead atoms. The number of hydrogen-bond acceptors (Lipinski definition) is 2.